The molecule has 5 heteroatoms. The van der Waals surface area contributed by atoms with Crippen LogP contribution >= 0.6 is 0 Å². The summed E-state index contributed by atoms with van der Waals surface area (Å²) in [4.78, 5) is 3.55. The fourth-order valence-corrected chi connectivity index (χ4v) is 3.77. The summed E-state index contributed by atoms with van der Waals surface area (Å²) in [5.41, 5.74) is 4.98. The summed E-state index contributed by atoms with van der Waals surface area (Å²) in [6, 6.07) is 19.9. The van der Waals surface area contributed by atoms with E-state index < -0.39 is 0 Å². The highest BCUT2D eigenvalue weighted by atomic mass is 16.5. The first-order valence-corrected chi connectivity index (χ1v) is 10.0. The number of fused-ring (bicyclic) bond motifs is 1. The van der Waals surface area contributed by atoms with Crippen LogP contribution in [0.5, 0.6) is 17.2 Å². The Morgan fingerprint density at radius 2 is 1.48 bits per heavy atom. The Morgan fingerprint density at radius 1 is 0.742 bits per heavy atom. The van der Waals surface area contributed by atoms with Crippen LogP contribution in [0.25, 0.3) is 22.3 Å². The van der Waals surface area contributed by atoms with E-state index in [0.717, 1.165) is 50.2 Å². The van der Waals surface area contributed by atoms with Crippen LogP contribution in [0.3, 0.4) is 0 Å². The van der Waals surface area contributed by atoms with Crippen molar-refractivity contribution in [1.29, 1.82) is 0 Å². The second-order valence-corrected chi connectivity index (χ2v) is 7.40. The van der Waals surface area contributed by atoms with Gasteiger partial charge in [-0.05, 0) is 61.4 Å². The average Bonchev–Trinajstić information content (AvgIpc) is 2.78. The lowest BCUT2D eigenvalue weighted by molar-refractivity contribution is -0.401. The van der Waals surface area contributed by atoms with Gasteiger partial charge < -0.3 is 18.6 Å². The summed E-state index contributed by atoms with van der Waals surface area (Å²) in [5, 5.41) is 1.99. The maximum Gasteiger partial charge on any atom is 0.219 e. The zero-order chi connectivity index (χ0) is 22.0. The average molecular weight is 416 g/mol. The Labute approximate surface area is 181 Å². The van der Waals surface area contributed by atoms with E-state index in [-0.39, 0.29) is 0 Å². The molecule has 0 spiro atoms. The second kappa shape index (κ2) is 8.56. The lowest BCUT2D eigenvalue weighted by Crippen LogP contribution is -2.70. The Balaban J connectivity index is 1.97. The molecule has 158 valence electrons. The van der Waals surface area contributed by atoms with Crippen molar-refractivity contribution in [3.8, 4) is 28.6 Å². The van der Waals surface area contributed by atoms with E-state index in [2.05, 4.69) is 31.0 Å². The number of ether oxygens (including phenoxy) is 3. The molecule has 1 N–H and O–H groups in total. The molecule has 0 atom stereocenters. The number of benzene rings is 3. The van der Waals surface area contributed by atoms with Crippen molar-refractivity contribution >= 4 is 16.7 Å². The van der Waals surface area contributed by atoms with Gasteiger partial charge in [-0.2, -0.15) is 0 Å². The quantitative estimate of drug-likeness (QED) is 0.533. The summed E-state index contributed by atoms with van der Waals surface area (Å²) >= 11 is 0. The van der Waals surface area contributed by atoms with Gasteiger partial charge in [-0.1, -0.05) is 6.07 Å². The number of hydrogen-bond acceptors (Lipinski definition) is 4. The molecule has 0 amide bonds. The molecule has 4 rings (SSSR count). The highest BCUT2D eigenvalue weighted by Gasteiger charge is 2.14. The molecule has 5 nitrogen and oxygen atoms in total. The van der Waals surface area contributed by atoms with Crippen molar-refractivity contribution in [3.63, 3.8) is 0 Å². The van der Waals surface area contributed by atoms with Crippen LogP contribution in [-0.2, 0) is 0 Å². The minimum atomic E-state index is 0.667. The van der Waals surface area contributed by atoms with Gasteiger partial charge in [-0.3, -0.25) is 0 Å². The Bertz CT molecular complexity index is 1300. The lowest BCUT2D eigenvalue weighted by atomic mass is 10.0. The van der Waals surface area contributed by atoms with Crippen molar-refractivity contribution in [2.75, 3.05) is 21.3 Å². The van der Waals surface area contributed by atoms with Crippen molar-refractivity contribution in [3.05, 3.63) is 77.1 Å². The van der Waals surface area contributed by atoms with Gasteiger partial charge in [0.2, 0.25) is 11.0 Å². The molecular formula is C26H26NO4+. The molecule has 0 aliphatic rings. The normalized spacial score (nSPS) is 11.6. The largest absolute Gasteiger partial charge is 0.497 e. The maximum atomic E-state index is 6.32. The van der Waals surface area contributed by atoms with Gasteiger partial charge in [0.05, 0.1) is 38.8 Å². The van der Waals surface area contributed by atoms with Crippen LogP contribution in [0.2, 0.25) is 0 Å². The predicted octanol–water partition coefficient (Wildman–Crippen LogP) is 4.06. The summed E-state index contributed by atoms with van der Waals surface area (Å²) in [5.74, 6) is 2.93. The molecule has 0 unspecified atom stereocenters. The first kappa shape index (κ1) is 20.5. The van der Waals surface area contributed by atoms with Gasteiger partial charge in [0.1, 0.15) is 17.1 Å². The summed E-state index contributed by atoms with van der Waals surface area (Å²) in [6.07, 6.45) is 0. The number of rotatable bonds is 5. The van der Waals surface area contributed by atoms with Crippen LogP contribution in [-0.4, -0.2) is 21.3 Å². The third-order valence-corrected chi connectivity index (χ3v) is 5.25. The van der Waals surface area contributed by atoms with Gasteiger partial charge in [0, 0.05) is 11.6 Å². The van der Waals surface area contributed by atoms with E-state index in [9.17, 15) is 0 Å². The molecule has 3 aromatic carbocycles. The molecule has 4 aromatic rings. The van der Waals surface area contributed by atoms with E-state index in [1.807, 2.05) is 48.5 Å². The summed E-state index contributed by atoms with van der Waals surface area (Å²) < 4.78 is 22.4. The van der Waals surface area contributed by atoms with E-state index >= 15 is 0 Å². The molecular weight excluding hydrogens is 390 g/mol. The van der Waals surface area contributed by atoms with Crippen LogP contribution in [0.15, 0.2) is 65.1 Å². The van der Waals surface area contributed by atoms with E-state index in [1.165, 1.54) is 0 Å². The van der Waals surface area contributed by atoms with E-state index in [4.69, 9.17) is 18.6 Å². The monoisotopic (exact) mass is 416 g/mol. The first-order chi connectivity index (χ1) is 15.0. The van der Waals surface area contributed by atoms with E-state index in [1.54, 1.807) is 21.3 Å². The molecule has 0 aliphatic heterocycles. The molecule has 0 saturated heterocycles. The second-order valence-electron chi connectivity index (χ2n) is 7.40. The number of aryl methyl sites for hydroxylation is 2. The number of nitrogens with one attached hydrogen (secondary N) is 1. The van der Waals surface area contributed by atoms with Crippen LogP contribution in [0.4, 0.5) is 5.69 Å². The van der Waals surface area contributed by atoms with Crippen LogP contribution in [0, 0.1) is 13.8 Å². The summed E-state index contributed by atoms with van der Waals surface area (Å²) in [7, 11) is 4.92. The van der Waals surface area contributed by atoms with Crippen molar-refractivity contribution in [2.45, 2.75) is 13.8 Å². The minimum Gasteiger partial charge on any atom is -0.497 e. The lowest BCUT2D eigenvalue weighted by Gasteiger charge is -2.08. The van der Waals surface area contributed by atoms with Gasteiger partial charge in [-0.15, -0.1) is 0 Å². The Kier molecular flexibility index (Phi) is 5.67. The van der Waals surface area contributed by atoms with Gasteiger partial charge >= 0.3 is 0 Å². The predicted molar refractivity (Wildman–Crippen MR) is 121 cm³/mol. The summed E-state index contributed by atoms with van der Waals surface area (Å²) in [6.45, 7) is 4.17. The van der Waals surface area contributed by atoms with Crippen LogP contribution in [0.1, 0.15) is 11.1 Å². The maximum absolute atomic E-state index is 6.32. The van der Waals surface area contributed by atoms with Gasteiger partial charge in [0.15, 0.2) is 11.5 Å². The molecule has 0 radical (unpaired) electrons. The fraction of sp³-hybridized carbons (Fsp3) is 0.192. The fourth-order valence-electron chi connectivity index (χ4n) is 3.77. The molecule has 0 aliphatic carbocycles. The molecule has 1 aromatic heterocycles. The standard InChI is InChI=1S/C26H25NO4/c1-16-12-17(2)26-21(27-19-8-11-22(29-4)24(14-19)30-5)15-23(31-25(26)13-16)18-6-9-20(28-3)10-7-18/h6-15H,1-5H3/p+1. The van der Waals surface area contributed by atoms with Gasteiger partial charge in [0.25, 0.3) is 0 Å². The molecule has 0 fully saturated rings. The molecule has 1 heterocycles. The zero-order valence-corrected chi connectivity index (χ0v) is 18.4. The van der Waals surface area contributed by atoms with Crippen molar-refractivity contribution in [2.24, 2.45) is 0 Å². The highest BCUT2D eigenvalue weighted by Crippen LogP contribution is 2.28. The highest BCUT2D eigenvalue weighted by molar-refractivity contribution is 5.82. The smallest absolute Gasteiger partial charge is 0.219 e. The third kappa shape index (κ3) is 4.12. The Morgan fingerprint density at radius 3 is 2.16 bits per heavy atom. The van der Waals surface area contributed by atoms with Crippen molar-refractivity contribution < 1.29 is 23.6 Å². The molecule has 31 heavy (non-hydrogen) atoms. The Hall–Kier alpha value is -3.73. The molecule has 0 saturated carbocycles. The first-order valence-electron chi connectivity index (χ1n) is 10.0. The zero-order valence-electron chi connectivity index (χ0n) is 18.4. The van der Waals surface area contributed by atoms with Gasteiger partial charge in [-0.25, -0.2) is 4.99 Å². The third-order valence-electron chi connectivity index (χ3n) is 5.25. The van der Waals surface area contributed by atoms with Crippen molar-refractivity contribution in [1.82, 2.24) is 0 Å². The number of methoxy groups -OCH3 is 3. The minimum absolute atomic E-state index is 0.667. The SMILES string of the molecule is COc1ccc(-c2cc(=[NH+]c3ccc(OC)c(OC)c3)c3c(C)cc(C)cc3o2)cc1. The van der Waals surface area contributed by atoms with E-state index in [0.29, 0.717) is 11.5 Å². The van der Waals surface area contributed by atoms with Crippen LogP contribution < -0.4 is 24.6 Å². The molecule has 0 bridgehead atoms. The number of hydrogen-bond donors (Lipinski definition) is 1. The topological polar surface area (TPSA) is 54.8 Å².